The molecule has 0 bridgehead atoms. The standard InChI is InChI=1S/C21H20N4O3.C6H13N/c1-3-15-6-5-7-16(10-15)25-21-17-11-19(24-14-26)20(28-9-8-27-4-2)12-18(17)22-13-23-21;1-4-5-6-7(2)3/h1,5-7,10-14H,4,8-9H2,2H3,(H,24,26)(H,22,23,25);4-5H,6H2,1-3H3/b;5-4+. The molecule has 0 spiro atoms. The van der Waals surface area contributed by atoms with Crippen LogP contribution >= 0.6 is 0 Å². The first-order valence-corrected chi connectivity index (χ1v) is 11.3. The molecule has 1 heterocycles. The van der Waals surface area contributed by atoms with Crippen LogP contribution in [0.15, 0.2) is 54.9 Å². The van der Waals surface area contributed by atoms with Crippen molar-refractivity contribution in [2.24, 2.45) is 0 Å². The number of ether oxygens (including phenoxy) is 2. The number of rotatable bonds is 11. The molecule has 2 N–H and O–H groups in total. The van der Waals surface area contributed by atoms with Gasteiger partial charge in [0, 0.05) is 35.9 Å². The van der Waals surface area contributed by atoms with Gasteiger partial charge in [-0.3, -0.25) is 4.79 Å². The van der Waals surface area contributed by atoms with Gasteiger partial charge in [-0.05, 0) is 52.2 Å². The molecular formula is C27H33N5O3. The molecule has 35 heavy (non-hydrogen) atoms. The van der Waals surface area contributed by atoms with Gasteiger partial charge in [-0.15, -0.1) is 6.42 Å². The first-order chi connectivity index (χ1) is 17.0. The van der Waals surface area contributed by atoms with Crippen LogP contribution in [0.3, 0.4) is 0 Å². The normalized spacial score (nSPS) is 10.5. The minimum Gasteiger partial charge on any atom is -0.489 e. The summed E-state index contributed by atoms with van der Waals surface area (Å²) in [5.41, 5.74) is 2.76. The maximum atomic E-state index is 11.0. The van der Waals surface area contributed by atoms with Gasteiger partial charge >= 0.3 is 0 Å². The fourth-order valence-electron chi connectivity index (χ4n) is 2.97. The number of hydrogen-bond donors (Lipinski definition) is 2. The van der Waals surface area contributed by atoms with E-state index in [4.69, 9.17) is 15.9 Å². The van der Waals surface area contributed by atoms with Gasteiger partial charge in [0.2, 0.25) is 6.41 Å². The van der Waals surface area contributed by atoms with E-state index in [0.29, 0.717) is 49.0 Å². The molecule has 0 unspecified atom stereocenters. The molecule has 8 heteroatoms. The maximum absolute atomic E-state index is 11.0. The van der Waals surface area contributed by atoms with E-state index in [1.54, 1.807) is 12.1 Å². The highest BCUT2D eigenvalue weighted by molar-refractivity contribution is 5.96. The summed E-state index contributed by atoms with van der Waals surface area (Å²) in [4.78, 5) is 21.8. The monoisotopic (exact) mass is 475 g/mol. The van der Waals surface area contributed by atoms with Crippen molar-refractivity contribution in [3.63, 3.8) is 0 Å². The Balaban J connectivity index is 0.000000540. The van der Waals surface area contributed by atoms with Crippen LogP contribution in [0.4, 0.5) is 17.2 Å². The molecule has 0 atom stereocenters. The topological polar surface area (TPSA) is 88.6 Å². The summed E-state index contributed by atoms with van der Waals surface area (Å²) in [6, 6.07) is 11.0. The van der Waals surface area contributed by atoms with E-state index in [1.165, 1.54) is 6.33 Å². The van der Waals surface area contributed by atoms with Crippen LogP contribution in [0.2, 0.25) is 0 Å². The number of carbonyl (C=O) groups excluding carboxylic acids is 1. The van der Waals surface area contributed by atoms with Crippen LogP contribution in [0, 0.1) is 12.3 Å². The molecule has 0 aliphatic carbocycles. The SMILES string of the molecule is C#Cc1cccc(Nc2ncnc3cc(OCCOCC)c(NC=O)cc23)c1.C/C=C/CN(C)C. The number of nitrogens with one attached hydrogen (secondary N) is 2. The van der Waals surface area contributed by atoms with E-state index >= 15 is 0 Å². The zero-order valence-electron chi connectivity index (χ0n) is 20.7. The maximum Gasteiger partial charge on any atom is 0.211 e. The largest absolute Gasteiger partial charge is 0.489 e. The van der Waals surface area contributed by atoms with Crippen LogP contribution in [0.1, 0.15) is 19.4 Å². The summed E-state index contributed by atoms with van der Waals surface area (Å²) in [5.74, 6) is 3.71. The van der Waals surface area contributed by atoms with Crippen molar-refractivity contribution in [2.45, 2.75) is 13.8 Å². The number of carbonyl (C=O) groups is 1. The molecule has 0 fully saturated rings. The van der Waals surface area contributed by atoms with E-state index in [-0.39, 0.29) is 0 Å². The molecule has 3 aromatic rings. The highest BCUT2D eigenvalue weighted by atomic mass is 16.5. The molecule has 0 aliphatic heterocycles. The van der Waals surface area contributed by atoms with E-state index in [0.717, 1.165) is 23.2 Å². The second kappa shape index (κ2) is 15.1. The number of allylic oxidation sites excluding steroid dienone is 1. The summed E-state index contributed by atoms with van der Waals surface area (Å²) < 4.78 is 11.0. The Kier molecular flexibility index (Phi) is 11.8. The van der Waals surface area contributed by atoms with Crippen LogP contribution in [0.25, 0.3) is 10.9 Å². The third kappa shape index (κ3) is 9.08. The van der Waals surface area contributed by atoms with E-state index in [9.17, 15) is 4.79 Å². The summed E-state index contributed by atoms with van der Waals surface area (Å²) in [6.45, 7) is 6.43. The zero-order valence-corrected chi connectivity index (χ0v) is 20.7. The van der Waals surface area contributed by atoms with Crippen LogP contribution in [0.5, 0.6) is 5.75 Å². The minimum atomic E-state index is 0.363. The number of terminal acetylenes is 1. The van der Waals surface area contributed by atoms with Gasteiger partial charge in [0.1, 0.15) is 24.5 Å². The number of amides is 1. The second-order valence-corrected chi connectivity index (χ2v) is 7.58. The molecule has 184 valence electrons. The average molecular weight is 476 g/mol. The highest BCUT2D eigenvalue weighted by Gasteiger charge is 2.11. The third-order valence-electron chi connectivity index (χ3n) is 4.64. The molecule has 1 aromatic heterocycles. The lowest BCUT2D eigenvalue weighted by Crippen LogP contribution is -2.10. The highest BCUT2D eigenvalue weighted by Crippen LogP contribution is 2.33. The number of benzene rings is 2. The molecule has 0 saturated carbocycles. The number of aromatic nitrogens is 2. The third-order valence-corrected chi connectivity index (χ3v) is 4.64. The van der Waals surface area contributed by atoms with Crippen molar-refractivity contribution in [3.05, 3.63) is 60.4 Å². The van der Waals surface area contributed by atoms with Crippen molar-refractivity contribution in [1.82, 2.24) is 14.9 Å². The molecule has 0 radical (unpaired) electrons. The number of hydrogen-bond acceptors (Lipinski definition) is 7. The van der Waals surface area contributed by atoms with Crippen molar-refractivity contribution in [3.8, 4) is 18.1 Å². The number of nitrogens with zero attached hydrogens (tertiary/aromatic N) is 3. The fraction of sp³-hybridized carbons (Fsp3) is 0.296. The van der Waals surface area contributed by atoms with Gasteiger partial charge in [0.25, 0.3) is 0 Å². The van der Waals surface area contributed by atoms with Crippen LogP contribution < -0.4 is 15.4 Å². The zero-order chi connectivity index (χ0) is 25.5. The molecule has 1 amide bonds. The summed E-state index contributed by atoms with van der Waals surface area (Å²) in [5, 5.41) is 6.64. The van der Waals surface area contributed by atoms with E-state index in [2.05, 4.69) is 57.7 Å². The summed E-state index contributed by atoms with van der Waals surface area (Å²) in [6.07, 6.45) is 11.7. The smallest absolute Gasteiger partial charge is 0.211 e. The molecule has 8 nitrogen and oxygen atoms in total. The van der Waals surface area contributed by atoms with Gasteiger partial charge in [-0.1, -0.05) is 24.1 Å². The quantitative estimate of drug-likeness (QED) is 0.183. The summed E-state index contributed by atoms with van der Waals surface area (Å²) in [7, 11) is 4.11. The first-order valence-electron chi connectivity index (χ1n) is 11.3. The van der Waals surface area contributed by atoms with Crippen molar-refractivity contribution in [2.75, 3.05) is 51.1 Å². The van der Waals surface area contributed by atoms with Gasteiger partial charge in [-0.25, -0.2) is 9.97 Å². The lowest BCUT2D eigenvalue weighted by molar-refractivity contribution is -0.105. The second-order valence-electron chi connectivity index (χ2n) is 7.58. The average Bonchev–Trinajstić information content (AvgIpc) is 2.86. The fourth-order valence-corrected chi connectivity index (χ4v) is 2.97. The van der Waals surface area contributed by atoms with Crippen molar-refractivity contribution in [1.29, 1.82) is 0 Å². The van der Waals surface area contributed by atoms with Gasteiger partial charge in [0.05, 0.1) is 17.8 Å². The van der Waals surface area contributed by atoms with Crippen molar-refractivity contribution >= 4 is 34.5 Å². The van der Waals surface area contributed by atoms with Gasteiger partial charge < -0.3 is 25.0 Å². The number of likely N-dealkylation sites (N-methyl/N-ethyl adjacent to an activating group) is 1. The number of anilines is 3. The Morgan fingerprint density at radius 3 is 2.66 bits per heavy atom. The first kappa shape index (κ1) is 27.3. The van der Waals surface area contributed by atoms with Crippen LogP contribution in [-0.2, 0) is 9.53 Å². The molecule has 2 aromatic carbocycles. The van der Waals surface area contributed by atoms with Gasteiger partial charge in [-0.2, -0.15) is 0 Å². The predicted octanol–water partition coefficient (Wildman–Crippen LogP) is 4.46. The van der Waals surface area contributed by atoms with Crippen molar-refractivity contribution < 1.29 is 14.3 Å². The van der Waals surface area contributed by atoms with E-state index < -0.39 is 0 Å². The predicted molar refractivity (Wildman–Crippen MR) is 142 cm³/mol. The molecule has 0 saturated heterocycles. The molecular weight excluding hydrogens is 442 g/mol. The minimum absolute atomic E-state index is 0.363. The Hall–Kier alpha value is -3.93. The molecule has 0 aliphatic rings. The van der Waals surface area contributed by atoms with Crippen LogP contribution in [-0.4, -0.2) is 61.7 Å². The lowest BCUT2D eigenvalue weighted by Gasteiger charge is -2.14. The number of fused-ring (bicyclic) bond motifs is 1. The van der Waals surface area contributed by atoms with Gasteiger partial charge in [0.15, 0.2) is 0 Å². The lowest BCUT2D eigenvalue weighted by atomic mass is 10.1. The molecule has 3 rings (SSSR count). The van der Waals surface area contributed by atoms with E-state index in [1.807, 2.05) is 38.1 Å². The Morgan fingerprint density at radius 2 is 2.00 bits per heavy atom. The Labute approximate surface area is 207 Å². The summed E-state index contributed by atoms with van der Waals surface area (Å²) >= 11 is 0. The Morgan fingerprint density at radius 1 is 1.17 bits per heavy atom. The Bertz CT molecular complexity index is 1160.